The average Bonchev–Trinajstić information content (AvgIpc) is 3.43. The van der Waals surface area contributed by atoms with Crippen LogP contribution >= 0.6 is 38.3 Å². The molecule has 0 radical (unpaired) electrons. The number of rotatable bonds is 5. The molecule has 2 fully saturated rings. The second kappa shape index (κ2) is 12.6. The van der Waals surface area contributed by atoms with Crippen LogP contribution in [-0.2, 0) is 20.7 Å². The van der Waals surface area contributed by atoms with E-state index in [4.69, 9.17) is 4.74 Å². The first-order valence-electron chi connectivity index (χ1n) is 11.0. The monoisotopic (exact) mass is 548 g/mol. The van der Waals surface area contributed by atoms with Gasteiger partial charge in [-0.15, -0.1) is 11.3 Å². The third-order valence-electron chi connectivity index (χ3n) is 6.33. The zero-order valence-electron chi connectivity index (χ0n) is 18.9. The van der Waals surface area contributed by atoms with Gasteiger partial charge >= 0.3 is 0 Å². The lowest BCUT2D eigenvalue weighted by Crippen LogP contribution is -2.58. The van der Waals surface area contributed by atoms with E-state index in [2.05, 4.69) is 5.32 Å². The van der Waals surface area contributed by atoms with Crippen LogP contribution in [0.3, 0.4) is 0 Å². The molecule has 3 aromatic rings. The van der Waals surface area contributed by atoms with Crippen LogP contribution in [-0.4, -0.2) is 58.9 Å². The SMILES string of the molecule is C.O=C(N[C@@H](Cc1ccc(O)cc1)C(=O)N1CCC[C@H]2OCC(=O)[C@H]21)c1csc2ccccc12.S.S. The summed E-state index contributed by atoms with van der Waals surface area (Å²) in [4.78, 5) is 41.0. The van der Waals surface area contributed by atoms with Crippen molar-refractivity contribution in [3.8, 4) is 5.75 Å². The first-order chi connectivity index (χ1) is 16.0. The van der Waals surface area contributed by atoms with Crippen LogP contribution in [0.15, 0.2) is 53.9 Å². The summed E-state index contributed by atoms with van der Waals surface area (Å²) >= 11 is 1.48. The molecule has 0 spiro atoms. The number of benzene rings is 2. The highest BCUT2D eigenvalue weighted by Gasteiger charge is 2.45. The van der Waals surface area contributed by atoms with E-state index in [0.717, 1.165) is 28.5 Å². The van der Waals surface area contributed by atoms with Crippen LogP contribution in [0.1, 0.15) is 36.2 Å². The zero-order chi connectivity index (χ0) is 22.9. The van der Waals surface area contributed by atoms with Crippen molar-refractivity contribution in [2.75, 3.05) is 13.2 Å². The van der Waals surface area contributed by atoms with Gasteiger partial charge in [-0.1, -0.05) is 37.8 Å². The molecule has 1 aromatic heterocycles. The largest absolute Gasteiger partial charge is 0.508 e. The number of hydrogen-bond acceptors (Lipinski definition) is 6. The van der Waals surface area contributed by atoms with Gasteiger partial charge in [0.1, 0.15) is 24.4 Å². The van der Waals surface area contributed by atoms with E-state index in [1.165, 1.54) is 11.3 Å². The molecule has 2 N–H and O–H groups in total. The molecule has 0 bridgehead atoms. The van der Waals surface area contributed by atoms with E-state index in [-0.39, 0.29) is 76.9 Å². The summed E-state index contributed by atoms with van der Waals surface area (Å²) in [6, 6.07) is 12.8. The van der Waals surface area contributed by atoms with E-state index in [0.29, 0.717) is 12.1 Å². The minimum Gasteiger partial charge on any atom is -0.508 e. The Labute approximate surface area is 228 Å². The molecule has 2 aliphatic rings. The van der Waals surface area contributed by atoms with Gasteiger partial charge in [0.2, 0.25) is 5.91 Å². The number of thiophene rings is 1. The number of phenolic OH excluding ortho intramolecular Hbond substituents is 1. The van der Waals surface area contributed by atoms with Crippen LogP contribution < -0.4 is 5.32 Å². The summed E-state index contributed by atoms with van der Waals surface area (Å²) in [5.74, 6) is -0.578. The van der Waals surface area contributed by atoms with Gasteiger partial charge in [0.05, 0.1) is 11.7 Å². The lowest BCUT2D eigenvalue weighted by Gasteiger charge is -2.37. The molecule has 0 aliphatic carbocycles. The molecule has 0 unspecified atom stereocenters. The topological polar surface area (TPSA) is 95.9 Å². The number of nitrogens with zero attached hydrogens (tertiary/aromatic N) is 1. The van der Waals surface area contributed by atoms with Crippen molar-refractivity contribution in [1.82, 2.24) is 10.2 Å². The van der Waals surface area contributed by atoms with Gasteiger partial charge in [0.25, 0.3) is 5.91 Å². The molecule has 36 heavy (non-hydrogen) atoms. The average molecular weight is 549 g/mol. The van der Waals surface area contributed by atoms with Crippen molar-refractivity contribution in [2.24, 2.45) is 0 Å². The number of carbonyl (C=O) groups is 3. The third kappa shape index (κ3) is 5.88. The highest BCUT2D eigenvalue weighted by Crippen LogP contribution is 2.28. The molecule has 2 aliphatic heterocycles. The molecule has 7 nitrogen and oxygen atoms in total. The van der Waals surface area contributed by atoms with Crippen LogP contribution in [0.4, 0.5) is 0 Å². The van der Waals surface area contributed by atoms with Crippen LogP contribution in [0.5, 0.6) is 5.75 Å². The van der Waals surface area contributed by atoms with Gasteiger partial charge in [-0.3, -0.25) is 14.4 Å². The summed E-state index contributed by atoms with van der Waals surface area (Å²) in [6.07, 6.45) is 1.46. The maximum atomic E-state index is 13.7. The number of fused-ring (bicyclic) bond motifs is 2. The number of piperidine rings is 1. The fourth-order valence-corrected chi connectivity index (χ4v) is 5.64. The van der Waals surface area contributed by atoms with E-state index < -0.39 is 12.1 Å². The van der Waals surface area contributed by atoms with Gasteiger partial charge in [0, 0.05) is 28.4 Å². The molecule has 194 valence electrons. The second-order valence-corrected chi connectivity index (χ2v) is 9.39. The summed E-state index contributed by atoms with van der Waals surface area (Å²) < 4.78 is 6.59. The number of hydrogen-bond donors (Lipinski definition) is 2. The van der Waals surface area contributed by atoms with E-state index >= 15 is 0 Å². The normalized spacial score (nSPS) is 19.3. The van der Waals surface area contributed by atoms with Crippen molar-refractivity contribution in [3.63, 3.8) is 0 Å². The van der Waals surface area contributed by atoms with Crippen molar-refractivity contribution >= 4 is 66.0 Å². The Morgan fingerprint density at radius 3 is 2.61 bits per heavy atom. The molecule has 3 heterocycles. The summed E-state index contributed by atoms with van der Waals surface area (Å²) in [7, 11) is 0. The molecule has 10 heteroatoms. The van der Waals surface area contributed by atoms with E-state index in [9.17, 15) is 19.5 Å². The van der Waals surface area contributed by atoms with Crippen LogP contribution in [0.2, 0.25) is 0 Å². The van der Waals surface area contributed by atoms with Gasteiger partial charge in [-0.2, -0.15) is 27.0 Å². The quantitative estimate of drug-likeness (QED) is 0.506. The van der Waals surface area contributed by atoms with Crippen molar-refractivity contribution in [3.05, 3.63) is 65.0 Å². The Balaban J connectivity index is 0.00000152. The predicted molar refractivity (Wildman–Crippen MR) is 152 cm³/mol. The number of amides is 2. The summed E-state index contributed by atoms with van der Waals surface area (Å²) in [6.45, 7) is 0.480. The lowest BCUT2D eigenvalue weighted by molar-refractivity contribution is -0.142. The first kappa shape index (κ1) is 29.7. The summed E-state index contributed by atoms with van der Waals surface area (Å²) in [5.41, 5.74) is 1.32. The molecule has 0 saturated carbocycles. The maximum absolute atomic E-state index is 13.7. The van der Waals surface area contributed by atoms with Crippen molar-refractivity contribution in [2.45, 2.75) is 44.9 Å². The van der Waals surface area contributed by atoms with Crippen LogP contribution in [0, 0.1) is 0 Å². The van der Waals surface area contributed by atoms with Gasteiger partial charge < -0.3 is 20.1 Å². The van der Waals surface area contributed by atoms with Crippen LogP contribution in [0.25, 0.3) is 10.1 Å². The molecule has 5 rings (SSSR count). The number of aromatic hydroxyl groups is 1. The zero-order valence-corrected chi connectivity index (χ0v) is 21.7. The number of phenols is 1. The molecular formula is C26H32N2O5S3. The lowest BCUT2D eigenvalue weighted by atomic mass is 9.95. The second-order valence-electron chi connectivity index (χ2n) is 8.48. The molecule has 3 atom stereocenters. The number of carbonyl (C=O) groups excluding carboxylic acids is 3. The highest BCUT2D eigenvalue weighted by atomic mass is 32.1. The fraction of sp³-hybridized carbons (Fsp3) is 0.346. The Hall–Kier alpha value is -2.53. The minimum absolute atomic E-state index is 0. The van der Waals surface area contributed by atoms with Crippen molar-refractivity contribution < 1.29 is 24.2 Å². The predicted octanol–water partition coefficient (Wildman–Crippen LogP) is 3.77. The van der Waals surface area contributed by atoms with Gasteiger partial charge in [-0.05, 0) is 36.6 Å². The molecule has 2 aromatic carbocycles. The molecular weight excluding hydrogens is 516 g/mol. The number of likely N-dealkylation sites (tertiary alicyclic amines) is 1. The maximum Gasteiger partial charge on any atom is 0.253 e. The van der Waals surface area contributed by atoms with E-state index in [1.54, 1.807) is 34.5 Å². The Bertz CT molecular complexity index is 1210. The molecule has 2 saturated heterocycles. The Kier molecular flexibility index (Phi) is 10.4. The van der Waals surface area contributed by atoms with E-state index in [1.807, 2.05) is 24.3 Å². The smallest absolute Gasteiger partial charge is 0.253 e. The highest BCUT2D eigenvalue weighted by molar-refractivity contribution is 7.59. The standard InChI is InChI=1S/C25H24N2O5S.CH4.2H2S/c28-16-9-7-15(8-10-16)12-19(25(31)27-11-3-5-21-23(27)20(29)13-32-21)26-24(30)18-14-33-22-6-2-1-4-17(18)22;;;/h1-2,4,6-10,14,19,21,23,28H,3,5,11-13H2,(H,26,30);1H4;2*1H2/t19-,21+,23+;;;/m0.../s1. The Morgan fingerprint density at radius 2 is 1.86 bits per heavy atom. The first-order valence-corrected chi connectivity index (χ1v) is 11.9. The van der Waals surface area contributed by atoms with Crippen molar-refractivity contribution in [1.29, 1.82) is 0 Å². The Morgan fingerprint density at radius 1 is 1.14 bits per heavy atom. The summed E-state index contributed by atoms with van der Waals surface area (Å²) in [5, 5.41) is 15.2. The fourth-order valence-electron chi connectivity index (χ4n) is 4.70. The molecule has 2 amide bonds. The third-order valence-corrected chi connectivity index (χ3v) is 7.30. The number of Topliss-reactive ketones (excluding diaryl/α,β-unsaturated/α-hetero) is 1. The minimum atomic E-state index is -0.854. The number of nitrogens with one attached hydrogen (secondary N) is 1. The number of ether oxygens (including phenoxy) is 1. The van der Waals surface area contributed by atoms with Gasteiger partial charge in [0.15, 0.2) is 5.78 Å². The van der Waals surface area contributed by atoms with Gasteiger partial charge in [-0.25, -0.2) is 0 Å². The number of ketones is 1.